The highest BCUT2D eigenvalue weighted by molar-refractivity contribution is 5.93. The number of aliphatic hydroxyl groups is 1. The fourth-order valence-corrected chi connectivity index (χ4v) is 7.03. The number of aliphatic hydroxyl groups excluding tert-OH is 1. The average Bonchev–Trinajstić information content (AvgIpc) is 3.88. The van der Waals surface area contributed by atoms with Crippen molar-refractivity contribution in [3.8, 4) is 5.75 Å². The minimum Gasteiger partial charge on any atom is -0.487 e. The van der Waals surface area contributed by atoms with E-state index in [9.17, 15) is 19.5 Å². The molecule has 2 heterocycles. The maximum absolute atomic E-state index is 14.4. The Morgan fingerprint density at radius 2 is 1.67 bits per heavy atom. The van der Waals surface area contributed by atoms with E-state index < -0.39 is 24.4 Å². The van der Waals surface area contributed by atoms with Crippen LogP contribution in [0.25, 0.3) is 0 Å². The van der Waals surface area contributed by atoms with Gasteiger partial charge in [0.15, 0.2) is 0 Å². The van der Waals surface area contributed by atoms with Gasteiger partial charge in [0.1, 0.15) is 36.4 Å². The van der Waals surface area contributed by atoms with Crippen molar-refractivity contribution < 1.29 is 24.2 Å². The summed E-state index contributed by atoms with van der Waals surface area (Å²) in [5.41, 5.74) is 3.20. The lowest BCUT2D eigenvalue weighted by Crippen LogP contribution is -2.57. The number of unbranched alkanes of at least 4 members (excludes halogenated alkanes) is 1. The Bertz CT molecular complexity index is 1800. The molecular formula is C43H57N7O5. The number of likely N-dealkylation sites (N-methyl/N-ethyl adjacent to an activating group) is 1. The second-order valence-corrected chi connectivity index (χ2v) is 14.8. The molecule has 0 saturated carbocycles. The number of likely N-dealkylation sites (tertiary alicyclic amines) is 1. The first-order chi connectivity index (χ1) is 26.6. The summed E-state index contributed by atoms with van der Waals surface area (Å²) in [5.74, 6) is -0.199. The molecule has 0 radical (unpaired) electrons. The van der Waals surface area contributed by atoms with Gasteiger partial charge in [-0.25, -0.2) is 0 Å². The van der Waals surface area contributed by atoms with Crippen molar-refractivity contribution in [3.63, 3.8) is 0 Å². The van der Waals surface area contributed by atoms with Crippen LogP contribution < -0.4 is 15.4 Å². The number of aromatic nitrogens is 3. The SMILES string of the molecule is CCCCn1cc(COc2ccccc2C(O)N[C@H](CC(C)C)C(=O)N2CCC[C@@H]2C(=O)N(C)[C@@H](Cc2ccccc2)C(=O)NCCc2ccccc2)nn1. The van der Waals surface area contributed by atoms with Crippen LogP contribution in [-0.4, -0.2) is 85.9 Å². The number of carbonyl (C=O) groups is 3. The van der Waals surface area contributed by atoms with E-state index in [1.54, 1.807) is 28.8 Å². The van der Waals surface area contributed by atoms with Gasteiger partial charge in [-0.3, -0.25) is 24.4 Å². The third kappa shape index (κ3) is 11.7. The molecule has 294 valence electrons. The second kappa shape index (κ2) is 20.6. The fraction of sp³-hybridized carbons (Fsp3) is 0.465. The Kier molecular flexibility index (Phi) is 15.4. The van der Waals surface area contributed by atoms with Crippen LogP contribution in [0.2, 0.25) is 0 Å². The van der Waals surface area contributed by atoms with Crippen molar-refractivity contribution in [2.45, 2.75) is 103 Å². The molecule has 1 aliphatic heterocycles. The molecule has 0 bridgehead atoms. The van der Waals surface area contributed by atoms with E-state index in [0.29, 0.717) is 62.2 Å². The van der Waals surface area contributed by atoms with E-state index in [1.807, 2.05) is 92.8 Å². The average molecular weight is 752 g/mol. The Hall–Kier alpha value is -5.07. The molecule has 1 aliphatic rings. The molecule has 1 unspecified atom stereocenters. The van der Waals surface area contributed by atoms with Crippen LogP contribution >= 0.6 is 0 Å². The molecule has 1 fully saturated rings. The minimum absolute atomic E-state index is 0.115. The third-order valence-electron chi connectivity index (χ3n) is 10.0. The topological polar surface area (TPSA) is 142 Å². The molecule has 3 N–H and O–H groups in total. The van der Waals surface area contributed by atoms with E-state index in [-0.39, 0.29) is 30.2 Å². The monoisotopic (exact) mass is 751 g/mol. The summed E-state index contributed by atoms with van der Waals surface area (Å²) >= 11 is 0. The summed E-state index contributed by atoms with van der Waals surface area (Å²) in [7, 11) is 1.66. The van der Waals surface area contributed by atoms with Crippen LogP contribution in [0.5, 0.6) is 5.75 Å². The zero-order valence-corrected chi connectivity index (χ0v) is 32.6. The second-order valence-electron chi connectivity index (χ2n) is 14.8. The summed E-state index contributed by atoms with van der Waals surface area (Å²) in [6, 6.07) is 24.5. The van der Waals surface area contributed by atoms with Crippen LogP contribution in [0, 0.1) is 5.92 Å². The molecule has 5 rings (SSSR count). The number of carbonyl (C=O) groups excluding carboxylic acids is 3. The molecule has 3 aromatic carbocycles. The van der Waals surface area contributed by atoms with Gasteiger partial charge >= 0.3 is 0 Å². The largest absolute Gasteiger partial charge is 0.487 e. The number of aryl methyl sites for hydroxylation is 1. The van der Waals surface area contributed by atoms with Crippen molar-refractivity contribution in [2.75, 3.05) is 20.1 Å². The van der Waals surface area contributed by atoms with Gasteiger partial charge in [-0.2, -0.15) is 0 Å². The molecule has 0 aliphatic carbocycles. The number of para-hydroxylation sites is 1. The molecule has 12 nitrogen and oxygen atoms in total. The van der Waals surface area contributed by atoms with Crippen molar-refractivity contribution in [2.24, 2.45) is 5.92 Å². The van der Waals surface area contributed by atoms with Gasteiger partial charge in [0, 0.05) is 38.7 Å². The maximum Gasteiger partial charge on any atom is 0.245 e. The van der Waals surface area contributed by atoms with Crippen LogP contribution in [0.3, 0.4) is 0 Å². The molecule has 4 aromatic rings. The summed E-state index contributed by atoms with van der Waals surface area (Å²) in [6.07, 6.45) is 5.28. The van der Waals surface area contributed by atoms with E-state index >= 15 is 0 Å². The van der Waals surface area contributed by atoms with Crippen molar-refractivity contribution >= 4 is 17.7 Å². The fourth-order valence-electron chi connectivity index (χ4n) is 7.03. The Labute approximate surface area is 325 Å². The first kappa shape index (κ1) is 41.1. The predicted molar refractivity (Wildman–Crippen MR) is 212 cm³/mol. The number of hydrogen-bond donors (Lipinski definition) is 3. The van der Waals surface area contributed by atoms with Gasteiger partial charge < -0.3 is 25.0 Å². The third-order valence-corrected chi connectivity index (χ3v) is 10.0. The van der Waals surface area contributed by atoms with Gasteiger partial charge in [0.2, 0.25) is 17.7 Å². The van der Waals surface area contributed by atoms with Crippen LogP contribution in [0.1, 0.15) is 81.5 Å². The Morgan fingerprint density at radius 1 is 0.982 bits per heavy atom. The maximum atomic E-state index is 14.4. The number of benzene rings is 3. The number of amides is 3. The highest BCUT2D eigenvalue weighted by Crippen LogP contribution is 2.28. The van der Waals surface area contributed by atoms with E-state index in [0.717, 1.165) is 30.5 Å². The molecule has 12 heteroatoms. The molecular weight excluding hydrogens is 695 g/mol. The molecule has 0 spiro atoms. The first-order valence-electron chi connectivity index (χ1n) is 19.6. The lowest BCUT2D eigenvalue weighted by Gasteiger charge is -2.35. The van der Waals surface area contributed by atoms with Crippen molar-refractivity contribution in [1.29, 1.82) is 0 Å². The number of rotatable bonds is 20. The minimum atomic E-state index is -1.22. The summed E-state index contributed by atoms with van der Waals surface area (Å²) in [4.78, 5) is 45.6. The number of nitrogens with one attached hydrogen (secondary N) is 2. The van der Waals surface area contributed by atoms with Gasteiger partial charge in [-0.1, -0.05) is 111 Å². The molecule has 1 saturated heterocycles. The Balaban J connectivity index is 1.27. The quantitative estimate of drug-likeness (QED) is 0.106. The standard InChI is InChI=1S/C43H57N7O5/c1-5-6-25-49-29-34(46-47-49)30-55-39-22-14-13-20-35(39)40(51)45-36(27-31(2)3)42(53)50-26-15-21-37(50)43(54)48(4)38(28-33-18-11-8-12-19-33)41(52)44-24-23-32-16-9-7-10-17-32/h7-14,16-20,22,29,31,36-38,40,45,51H,5-6,15,21,23-28,30H2,1-4H3,(H,44,52)/t36-,37-,38+,40?/m1/s1. The lowest BCUT2D eigenvalue weighted by atomic mass is 10.0. The lowest BCUT2D eigenvalue weighted by molar-refractivity contribution is -0.148. The van der Waals surface area contributed by atoms with Crippen LogP contribution in [0.15, 0.2) is 91.1 Å². The van der Waals surface area contributed by atoms with Gasteiger partial charge in [0.05, 0.1) is 12.2 Å². The summed E-state index contributed by atoms with van der Waals surface area (Å²) in [5, 5.41) is 26.1. The van der Waals surface area contributed by atoms with Crippen molar-refractivity contribution in [3.05, 3.63) is 114 Å². The van der Waals surface area contributed by atoms with E-state index in [1.165, 1.54) is 4.90 Å². The molecule has 3 amide bonds. The molecule has 55 heavy (non-hydrogen) atoms. The number of hydrogen-bond acceptors (Lipinski definition) is 8. The zero-order chi connectivity index (χ0) is 39.2. The Morgan fingerprint density at radius 3 is 2.38 bits per heavy atom. The van der Waals surface area contributed by atoms with Crippen LogP contribution in [0.4, 0.5) is 0 Å². The summed E-state index contributed by atoms with van der Waals surface area (Å²) in [6.45, 7) is 7.95. The molecule has 1 aromatic heterocycles. The first-order valence-corrected chi connectivity index (χ1v) is 19.6. The number of nitrogens with zero attached hydrogens (tertiary/aromatic N) is 5. The highest BCUT2D eigenvalue weighted by atomic mass is 16.5. The normalized spacial score (nSPS) is 15.7. The van der Waals surface area contributed by atoms with Gasteiger partial charge in [-0.05, 0) is 55.2 Å². The van der Waals surface area contributed by atoms with E-state index in [4.69, 9.17) is 4.74 Å². The zero-order valence-electron chi connectivity index (χ0n) is 32.6. The summed E-state index contributed by atoms with van der Waals surface area (Å²) < 4.78 is 7.89. The smallest absolute Gasteiger partial charge is 0.245 e. The van der Waals surface area contributed by atoms with Gasteiger partial charge in [0.25, 0.3) is 0 Å². The molecule has 4 atom stereocenters. The number of ether oxygens (including phenoxy) is 1. The predicted octanol–water partition coefficient (Wildman–Crippen LogP) is 5.07. The van der Waals surface area contributed by atoms with Gasteiger partial charge in [-0.15, -0.1) is 5.10 Å². The van der Waals surface area contributed by atoms with Crippen molar-refractivity contribution in [1.82, 2.24) is 35.4 Å². The van der Waals surface area contributed by atoms with Crippen LogP contribution in [-0.2, 0) is 40.4 Å². The van der Waals surface area contributed by atoms with E-state index in [2.05, 4.69) is 27.9 Å². The highest BCUT2D eigenvalue weighted by Gasteiger charge is 2.41.